The summed E-state index contributed by atoms with van der Waals surface area (Å²) in [6.07, 6.45) is 1.26. The van der Waals surface area contributed by atoms with Gasteiger partial charge in [-0.2, -0.15) is 0 Å². The largest absolute Gasteiger partial charge is 0.462 e. The topological polar surface area (TPSA) is 106 Å². The molecule has 0 aliphatic rings. The number of carbonyl (C=O) groups excluding carboxylic acids is 2. The van der Waals surface area contributed by atoms with Crippen molar-refractivity contribution in [2.24, 2.45) is 0 Å². The highest BCUT2D eigenvalue weighted by Crippen LogP contribution is 2.27. The van der Waals surface area contributed by atoms with E-state index in [2.05, 4.69) is 4.98 Å². The molecule has 2 rings (SSSR count). The van der Waals surface area contributed by atoms with Crippen molar-refractivity contribution in [2.75, 3.05) is 40.6 Å². The first-order valence-electron chi connectivity index (χ1n) is 7.78. The summed E-state index contributed by atoms with van der Waals surface area (Å²) in [4.78, 5) is 41.4. The summed E-state index contributed by atoms with van der Waals surface area (Å²) in [5.41, 5.74) is 0.0652. The normalized spacial score (nSPS) is 10.9. The van der Waals surface area contributed by atoms with E-state index in [1.807, 2.05) is 0 Å². The first kappa shape index (κ1) is 20.0. The van der Waals surface area contributed by atoms with Gasteiger partial charge in [0.15, 0.2) is 0 Å². The molecule has 0 unspecified atom stereocenters. The van der Waals surface area contributed by atoms with Crippen LogP contribution in [0.4, 0.5) is 0 Å². The van der Waals surface area contributed by atoms with Crippen molar-refractivity contribution in [1.82, 2.24) is 9.55 Å². The van der Waals surface area contributed by atoms with Crippen LogP contribution in [0.25, 0.3) is 10.2 Å². The SMILES string of the molecule is COCCOC(=O)Cn1cnc2sc(C(=O)OCCOC)c(C)c2c1=O. The molecule has 0 bridgehead atoms. The third kappa shape index (κ3) is 4.65. The molecule has 0 saturated carbocycles. The van der Waals surface area contributed by atoms with E-state index >= 15 is 0 Å². The lowest BCUT2D eigenvalue weighted by atomic mass is 10.2. The molecule has 26 heavy (non-hydrogen) atoms. The molecule has 0 aliphatic heterocycles. The van der Waals surface area contributed by atoms with E-state index in [9.17, 15) is 14.4 Å². The van der Waals surface area contributed by atoms with E-state index in [-0.39, 0.29) is 33.0 Å². The highest BCUT2D eigenvalue weighted by atomic mass is 32.1. The van der Waals surface area contributed by atoms with Gasteiger partial charge in [0.25, 0.3) is 5.56 Å². The molecule has 0 fully saturated rings. The standard InChI is InChI=1S/C16H20N2O7S/c1-10-12-14(26-13(10)16(21)25-7-5-23-3)17-9-18(15(12)20)8-11(19)24-6-4-22-2/h9H,4-8H2,1-3H3. The Labute approximate surface area is 153 Å². The van der Waals surface area contributed by atoms with E-state index in [0.29, 0.717) is 20.7 Å². The fraction of sp³-hybridized carbons (Fsp3) is 0.500. The van der Waals surface area contributed by atoms with Gasteiger partial charge in [0.05, 0.1) is 24.9 Å². The van der Waals surface area contributed by atoms with E-state index in [4.69, 9.17) is 18.9 Å². The Kier molecular flexibility index (Phi) is 7.25. The van der Waals surface area contributed by atoms with Crippen LogP contribution >= 0.6 is 11.3 Å². The smallest absolute Gasteiger partial charge is 0.348 e. The molecule has 0 spiro atoms. The minimum atomic E-state index is -0.572. The van der Waals surface area contributed by atoms with Crippen molar-refractivity contribution in [2.45, 2.75) is 13.5 Å². The number of fused-ring (bicyclic) bond motifs is 1. The molecule has 0 aliphatic carbocycles. The number of ether oxygens (including phenoxy) is 4. The molecule has 2 aromatic heterocycles. The minimum absolute atomic E-state index is 0.106. The number of aromatic nitrogens is 2. The lowest BCUT2D eigenvalue weighted by Gasteiger charge is -2.06. The van der Waals surface area contributed by atoms with Gasteiger partial charge in [0.2, 0.25) is 0 Å². The van der Waals surface area contributed by atoms with Gasteiger partial charge in [-0.3, -0.25) is 14.2 Å². The predicted octanol–water partition coefficient (Wildman–Crippen LogP) is 0.759. The molecule has 0 radical (unpaired) electrons. The van der Waals surface area contributed by atoms with Crippen LogP contribution in [-0.4, -0.2) is 62.1 Å². The molecule has 0 saturated heterocycles. The van der Waals surface area contributed by atoms with Crippen molar-refractivity contribution in [3.05, 3.63) is 27.1 Å². The number of nitrogens with zero attached hydrogens (tertiary/aromatic N) is 2. The second-order valence-electron chi connectivity index (χ2n) is 5.26. The van der Waals surface area contributed by atoms with Crippen molar-refractivity contribution in [3.8, 4) is 0 Å². The lowest BCUT2D eigenvalue weighted by Crippen LogP contribution is -2.26. The van der Waals surface area contributed by atoms with Crippen LogP contribution in [-0.2, 0) is 30.3 Å². The Morgan fingerprint density at radius 2 is 1.77 bits per heavy atom. The van der Waals surface area contributed by atoms with E-state index in [0.717, 1.165) is 15.9 Å². The number of hydrogen-bond donors (Lipinski definition) is 0. The van der Waals surface area contributed by atoms with Crippen molar-refractivity contribution < 1.29 is 28.5 Å². The molecular weight excluding hydrogens is 364 g/mol. The van der Waals surface area contributed by atoms with E-state index in [1.54, 1.807) is 6.92 Å². The highest BCUT2D eigenvalue weighted by Gasteiger charge is 2.21. The zero-order valence-corrected chi connectivity index (χ0v) is 15.6. The fourth-order valence-electron chi connectivity index (χ4n) is 2.17. The Morgan fingerprint density at radius 1 is 1.12 bits per heavy atom. The van der Waals surface area contributed by atoms with Gasteiger partial charge in [-0.25, -0.2) is 9.78 Å². The van der Waals surface area contributed by atoms with Gasteiger partial charge >= 0.3 is 11.9 Å². The predicted molar refractivity (Wildman–Crippen MR) is 93.6 cm³/mol. The fourth-order valence-corrected chi connectivity index (χ4v) is 3.21. The van der Waals surface area contributed by atoms with Crippen LogP contribution < -0.4 is 5.56 Å². The van der Waals surface area contributed by atoms with Gasteiger partial charge in [-0.1, -0.05) is 0 Å². The molecule has 0 aromatic carbocycles. The highest BCUT2D eigenvalue weighted by molar-refractivity contribution is 7.20. The second kappa shape index (κ2) is 9.41. The summed E-state index contributed by atoms with van der Waals surface area (Å²) in [6.45, 7) is 2.16. The first-order chi connectivity index (χ1) is 12.5. The van der Waals surface area contributed by atoms with Crippen LogP contribution in [0.1, 0.15) is 15.2 Å². The molecule has 0 amide bonds. The number of methoxy groups -OCH3 is 2. The maximum absolute atomic E-state index is 12.6. The quantitative estimate of drug-likeness (QED) is 0.461. The van der Waals surface area contributed by atoms with Gasteiger partial charge in [0.1, 0.15) is 29.5 Å². The molecule has 2 heterocycles. The summed E-state index contributed by atoms with van der Waals surface area (Å²) in [7, 11) is 3.00. The second-order valence-corrected chi connectivity index (χ2v) is 6.26. The molecule has 0 atom stereocenters. The first-order valence-corrected chi connectivity index (χ1v) is 8.60. The van der Waals surface area contributed by atoms with E-state index < -0.39 is 17.5 Å². The number of thiophene rings is 1. The van der Waals surface area contributed by atoms with Gasteiger partial charge in [-0.05, 0) is 12.5 Å². The monoisotopic (exact) mass is 384 g/mol. The van der Waals surface area contributed by atoms with Crippen LogP contribution in [0.3, 0.4) is 0 Å². The molecule has 10 heteroatoms. The summed E-state index contributed by atoms with van der Waals surface area (Å²) in [5.74, 6) is -1.11. The molecule has 2 aromatic rings. The molecule has 142 valence electrons. The average Bonchev–Trinajstić information content (AvgIpc) is 2.95. The maximum atomic E-state index is 12.6. The van der Waals surface area contributed by atoms with Crippen LogP contribution in [0, 0.1) is 6.92 Å². The summed E-state index contributed by atoms with van der Waals surface area (Å²) >= 11 is 1.08. The molecular formula is C16H20N2O7S. The Hall–Kier alpha value is -2.30. The molecule has 0 N–H and O–H groups in total. The number of aryl methyl sites for hydroxylation is 1. The Morgan fingerprint density at radius 3 is 2.42 bits per heavy atom. The van der Waals surface area contributed by atoms with Gasteiger partial charge in [0, 0.05) is 14.2 Å². The minimum Gasteiger partial charge on any atom is -0.462 e. The van der Waals surface area contributed by atoms with Crippen molar-refractivity contribution >= 4 is 33.5 Å². The number of carbonyl (C=O) groups is 2. The third-order valence-electron chi connectivity index (χ3n) is 3.47. The zero-order valence-electron chi connectivity index (χ0n) is 14.8. The van der Waals surface area contributed by atoms with Crippen molar-refractivity contribution in [1.29, 1.82) is 0 Å². The van der Waals surface area contributed by atoms with Crippen LogP contribution in [0.5, 0.6) is 0 Å². The van der Waals surface area contributed by atoms with Gasteiger partial charge in [-0.15, -0.1) is 11.3 Å². The van der Waals surface area contributed by atoms with E-state index in [1.165, 1.54) is 20.5 Å². The summed E-state index contributed by atoms with van der Waals surface area (Å²) in [5, 5.41) is 0.292. The van der Waals surface area contributed by atoms with Gasteiger partial charge < -0.3 is 18.9 Å². The van der Waals surface area contributed by atoms with Crippen molar-refractivity contribution in [3.63, 3.8) is 0 Å². The maximum Gasteiger partial charge on any atom is 0.348 e. The zero-order chi connectivity index (χ0) is 19.1. The summed E-state index contributed by atoms with van der Waals surface area (Å²) < 4.78 is 20.8. The number of esters is 2. The number of hydrogen-bond acceptors (Lipinski definition) is 9. The Bertz CT molecular complexity index is 843. The number of rotatable bonds is 9. The third-order valence-corrected chi connectivity index (χ3v) is 4.65. The van der Waals surface area contributed by atoms with Crippen LogP contribution in [0.2, 0.25) is 0 Å². The lowest BCUT2D eigenvalue weighted by molar-refractivity contribution is -0.145. The Balaban J connectivity index is 2.22. The van der Waals surface area contributed by atoms with Crippen LogP contribution in [0.15, 0.2) is 11.1 Å². The average molecular weight is 384 g/mol. The molecule has 9 nitrogen and oxygen atoms in total. The summed E-state index contributed by atoms with van der Waals surface area (Å²) in [6, 6.07) is 0.